The van der Waals surface area contributed by atoms with Crippen LogP contribution in [0.1, 0.15) is 52.5 Å². The second kappa shape index (κ2) is 10.8. The van der Waals surface area contributed by atoms with E-state index in [0.717, 1.165) is 11.0 Å². The number of primary amides is 1. The number of benzene rings is 2. The standard InChI is InChI=1S/C25H28FN5O5S/c1-25(2,3)29-23(33)20(16-12-15(35-4)9-10-17(16)36-5)31(14-8-6-7-13(26)11-14)24(34)21-18(27)19(22(28)32)30-37-21/h6-12,20H,27H2,1-5H3,(H2,28,32)(H,29,33)/t20-/m0/s1. The normalized spacial score (nSPS) is 11.9. The van der Waals surface area contributed by atoms with Crippen LogP contribution in [-0.2, 0) is 4.79 Å². The molecule has 0 saturated carbocycles. The molecule has 0 aliphatic carbocycles. The van der Waals surface area contributed by atoms with Crippen molar-refractivity contribution in [3.05, 3.63) is 64.4 Å². The van der Waals surface area contributed by atoms with Crippen molar-refractivity contribution in [1.29, 1.82) is 0 Å². The van der Waals surface area contributed by atoms with Crippen molar-refractivity contribution >= 4 is 40.6 Å². The molecule has 3 rings (SSSR count). The van der Waals surface area contributed by atoms with E-state index in [2.05, 4.69) is 9.69 Å². The summed E-state index contributed by atoms with van der Waals surface area (Å²) in [5.74, 6) is -2.27. The average Bonchev–Trinajstić information content (AvgIpc) is 3.22. The van der Waals surface area contributed by atoms with Gasteiger partial charge in [-0.15, -0.1) is 0 Å². The lowest BCUT2D eigenvalue weighted by Gasteiger charge is -2.34. The van der Waals surface area contributed by atoms with Gasteiger partial charge in [-0.2, -0.15) is 4.37 Å². The first kappa shape index (κ1) is 27.4. The quantitative estimate of drug-likeness (QED) is 0.405. The summed E-state index contributed by atoms with van der Waals surface area (Å²) >= 11 is 0.646. The number of carbonyl (C=O) groups excluding carboxylic acids is 3. The van der Waals surface area contributed by atoms with Crippen LogP contribution in [0.4, 0.5) is 15.8 Å². The number of anilines is 2. The number of aromatic nitrogens is 1. The molecular weight excluding hydrogens is 501 g/mol. The monoisotopic (exact) mass is 529 g/mol. The van der Waals surface area contributed by atoms with Crippen LogP contribution in [0.15, 0.2) is 42.5 Å². The number of rotatable bonds is 8. The number of hydrogen-bond acceptors (Lipinski definition) is 8. The number of ether oxygens (including phenoxy) is 2. The lowest BCUT2D eigenvalue weighted by atomic mass is 9.99. The van der Waals surface area contributed by atoms with Gasteiger partial charge in [0, 0.05) is 16.8 Å². The van der Waals surface area contributed by atoms with E-state index >= 15 is 0 Å². The minimum Gasteiger partial charge on any atom is -0.497 e. The average molecular weight is 530 g/mol. The molecule has 0 bridgehead atoms. The van der Waals surface area contributed by atoms with Gasteiger partial charge in [0.2, 0.25) is 5.91 Å². The van der Waals surface area contributed by atoms with Gasteiger partial charge >= 0.3 is 0 Å². The maximum Gasteiger partial charge on any atom is 0.273 e. The molecule has 1 heterocycles. The molecule has 0 aliphatic heterocycles. The second-order valence-corrected chi connectivity index (χ2v) is 9.82. The third kappa shape index (κ3) is 5.97. The molecule has 0 fully saturated rings. The molecule has 12 heteroatoms. The number of nitrogens with one attached hydrogen (secondary N) is 1. The maximum absolute atomic E-state index is 14.4. The van der Waals surface area contributed by atoms with Crippen molar-refractivity contribution in [3.63, 3.8) is 0 Å². The van der Waals surface area contributed by atoms with Gasteiger partial charge in [-0.25, -0.2) is 4.39 Å². The fourth-order valence-electron chi connectivity index (χ4n) is 3.64. The molecule has 5 N–H and O–H groups in total. The summed E-state index contributed by atoms with van der Waals surface area (Å²) in [5, 5.41) is 2.88. The van der Waals surface area contributed by atoms with Crippen LogP contribution in [0.3, 0.4) is 0 Å². The Balaban J connectivity index is 2.34. The predicted molar refractivity (Wildman–Crippen MR) is 138 cm³/mol. The summed E-state index contributed by atoms with van der Waals surface area (Å²) in [6.45, 7) is 5.33. The Morgan fingerprint density at radius 3 is 2.35 bits per heavy atom. The minimum absolute atomic E-state index is 0.0531. The molecule has 3 aromatic rings. The first-order chi connectivity index (χ1) is 17.4. The van der Waals surface area contributed by atoms with Crippen LogP contribution in [-0.4, -0.2) is 41.9 Å². The molecule has 0 radical (unpaired) electrons. The smallest absolute Gasteiger partial charge is 0.273 e. The van der Waals surface area contributed by atoms with E-state index in [0.29, 0.717) is 17.3 Å². The SMILES string of the molecule is COc1ccc(OC)c([C@@H](C(=O)NC(C)(C)C)N(C(=O)c2snc(C(N)=O)c2N)c2cccc(F)c2)c1. The fourth-order valence-corrected chi connectivity index (χ4v) is 4.38. The zero-order valence-corrected chi connectivity index (χ0v) is 21.8. The number of carbonyl (C=O) groups is 3. The van der Waals surface area contributed by atoms with Crippen LogP contribution in [0.2, 0.25) is 0 Å². The lowest BCUT2D eigenvalue weighted by Crippen LogP contribution is -2.49. The van der Waals surface area contributed by atoms with Crippen LogP contribution in [0.5, 0.6) is 11.5 Å². The van der Waals surface area contributed by atoms with Gasteiger partial charge in [-0.3, -0.25) is 19.3 Å². The number of hydrogen-bond donors (Lipinski definition) is 3. The largest absolute Gasteiger partial charge is 0.497 e. The van der Waals surface area contributed by atoms with E-state index in [1.807, 2.05) is 0 Å². The molecule has 2 aromatic carbocycles. The zero-order chi connectivity index (χ0) is 27.5. The Morgan fingerprint density at radius 2 is 1.81 bits per heavy atom. The highest BCUT2D eigenvalue weighted by Gasteiger charge is 2.39. The van der Waals surface area contributed by atoms with Crippen molar-refractivity contribution in [3.8, 4) is 11.5 Å². The van der Waals surface area contributed by atoms with E-state index < -0.39 is 35.1 Å². The van der Waals surface area contributed by atoms with Crippen molar-refractivity contribution in [2.75, 3.05) is 24.9 Å². The molecule has 0 unspecified atom stereocenters. The van der Waals surface area contributed by atoms with Crippen molar-refractivity contribution in [2.45, 2.75) is 32.4 Å². The molecule has 196 valence electrons. The topological polar surface area (TPSA) is 150 Å². The summed E-state index contributed by atoms with van der Waals surface area (Å²) in [6.07, 6.45) is 0. The van der Waals surface area contributed by atoms with Gasteiger partial charge in [-0.1, -0.05) is 6.07 Å². The fraction of sp³-hybridized carbons (Fsp3) is 0.280. The van der Waals surface area contributed by atoms with Gasteiger partial charge < -0.3 is 26.3 Å². The van der Waals surface area contributed by atoms with E-state index in [1.165, 1.54) is 32.4 Å². The zero-order valence-electron chi connectivity index (χ0n) is 21.0. The number of halogens is 1. The molecule has 0 spiro atoms. The van der Waals surface area contributed by atoms with Gasteiger partial charge in [0.1, 0.15) is 28.2 Å². The summed E-state index contributed by atoms with van der Waals surface area (Å²) < 4.78 is 29.2. The first-order valence-electron chi connectivity index (χ1n) is 11.1. The third-order valence-corrected chi connectivity index (χ3v) is 6.05. The van der Waals surface area contributed by atoms with E-state index in [9.17, 15) is 18.8 Å². The number of methoxy groups -OCH3 is 2. The van der Waals surface area contributed by atoms with Crippen LogP contribution < -0.4 is 31.2 Å². The molecular formula is C25H28FN5O5S. The molecule has 0 aliphatic rings. The van der Waals surface area contributed by atoms with E-state index in [4.69, 9.17) is 20.9 Å². The van der Waals surface area contributed by atoms with Crippen molar-refractivity contribution in [1.82, 2.24) is 9.69 Å². The van der Waals surface area contributed by atoms with Gasteiger partial charge in [0.15, 0.2) is 5.69 Å². The highest BCUT2D eigenvalue weighted by molar-refractivity contribution is 7.09. The third-order valence-electron chi connectivity index (χ3n) is 5.20. The number of amides is 3. The molecule has 3 amide bonds. The van der Waals surface area contributed by atoms with E-state index in [1.54, 1.807) is 39.0 Å². The summed E-state index contributed by atoms with van der Waals surface area (Å²) in [5.41, 5.74) is 10.5. The second-order valence-electron chi connectivity index (χ2n) is 9.04. The molecule has 0 saturated heterocycles. The molecule has 10 nitrogen and oxygen atoms in total. The Kier molecular flexibility index (Phi) is 8.02. The summed E-state index contributed by atoms with van der Waals surface area (Å²) in [6, 6.07) is 8.58. The number of nitrogen functional groups attached to an aromatic ring is 1. The van der Waals surface area contributed by atoms with Crippen LogP contribution >= 0.6 is 11.5 Å². The van der Waals surface area contributed by atoms with Crippen LogP contribution in [0, 0.1) is 5.82 Å². The van der Waals surface area contributed by atoms with Gasteiger partial charge in [0.25, 0.3) is 11.8 Å². The van der Waals surface area contributed by atoms with Crippen molar-refractivity contribution in [2.24, 2.45) is 5.73 Å². The number of nitrogens with two attached hydrogens (primary N) is 2. The Bertz CT molecular complexity index is 1340. The highest BCUT2D eigenvalue weighted by atomic mass is 32.1. The number of nitrogens with zero attached hydrogens (tertiary/aromatic N) is 2. The predicted octanol–water partition coefficient (Wildman–Crippen LogP) is 3.28. The summed E-state index contributed by atoms with van der Waals surface area (Å²) in [4.78, 5) is 40.6. The highest BCUT2D eigenvalue weighted by Crippen LogP contribution is 2.38. The first-order valence-corrected chi connectivity index (χ1v) is 11.8. The molecule has 37 heavy (non-hydrogen) atoms. The molecule has 1 atom stereocenters. The molecule has 1 aromatic heterocycles. The Labute approximate surface area is 217 Å². The minimum atomic E-state index is -1.38. The van der Waals surface area contributed by atoms with E-state index in [-0.39, 0.29) is 33.3 Å². The van der Waals surface area contributed by atoms with Gasteiger partial charge in [-0.05, 0) is 68.7 Å². The van der Waals surface area contributed by atoms with Crippen LogP contribution in [0.25, 0.3) is 0 Å². The lowest BCUT2D eigenvalue weighted by molar-refractivity contribution is -0.123. The Morgan fingerprint density at radius 1 is 1.11 bits per heavy atom. The Hall–Kier alpha value is -4.19. The maximum atomic E-state index is 14.4. The van der Waals surface area contributed by atoms with Crippen molar-refractivity contribution < 1.29 is 28.2 Å². The van der Waals surface area contributed by atoms with Gasteiger partial charge in [0.05, 0.1) is 19.9 Å². The summed E-state index contributed by atoms with van der Waals surface area (Å²) in [7, 11) is 2.87.